The fourth-order valence-corrected chi connectivity index (χ4v) is 4.38. The molecule has 0 saturated heterocycles. The van der Waals surface area contributed by atoms with E-state index in [0.717, 1.165) is 41.5 Å². The van der Waals surface area contributed by atoms with Crippen LogP contribution in [0, 0.1) is 0 Å². The number of carbonyl (C=O) groups is 3. The highest BCUT2D eigenvalue weighted by Crippen LogP contribution is 2.44. The van der Waals surface area contributed by atoms with Crippen molar-refractivity contribution in [2.24, 2.45) is 0 Å². The molecule has 2 amide bonds. The number of nitrogens with one attached hydrogen (secondary N) is 2. The van der Waals surface area contributed by atoms with Gasteiger partial charge in [0, 0.05) is 11.5 Å². The van der Waals surface area contributed by atoms with Crippen molar-refractivity contribution in [1.29, 1.82) is 0 Å². The highest BCUT2D eigenvalue weighted by Gasteiger charge is 2.36. The molecule has 0 bridgehead atoms. The number of alkyl carbamates (subject to hydrolysis) is 1. The van der Waals surface area contributed by atoms with Crippen molar-refractivity contribution in [2.45, 2.75) is 50.1 Å². The summed E-state index contributed by atoms with van der Waals surface area (Å²) in [6.45, 7) is 2.01. The first-order valence-corrected chi connectivity index (χ1v) is 10.5. The predicted molar refractivity (Wildman–Crippen MR) is 115 cm³/mol. The summed E-state index contributed by atoms with van der Waals surface area (Å²) in [7, 11) is 0. The average Bonchev–Trinajstić information content (AvgIpc) is 3.04. The second-order valence-corrected chi connectivity index (χ2v) is 8.52. The molecule has 0 aliphatic heterocycles. The highest BCUT2D eigenvalue weighted by molar-refractivity contribution is 5.89. The summed E-state index contributed by atoms with van der Waals surface area (Å²) in [6.07, 6.45) is 1.38. The molecule has 0 aromatic heterocycles. The Morgan fingerprint density at radius 1 is 1.06 bits per heavy atom. The van der Waals surface area contributed by atoms with Crippen molar-refractivity contribution < 1.29 is 24.2 Å². The maximum Gasteiger partial charge on any atom is 0.407 e. The van der Waals surface area contributed by atoms with Crippen molar-refractivity contribution in [3.05, 3.63) is 59.7 Å². The lowest BCUT2D eigenvalue weighted by Crippen LogP contribution is -2.57. The van der Waals surface area contributed by atoms with E-state index in [4.69, 9.17) is 9.84 Å². The molecule has 2 aliphatic carbocycles. The molecule has 0 radical (unpaired) electrons. The Morgan fingerprint density at radius 2 is 1.65 bits per heavy atom. The monoisotopic (exact) mass is 422 g/mol. The second kappa shape index (κ2) is 8.41. The van der Waals surface area contributed by atoms with Crippen molar-refractivity contribution in [3.63, 3.8) is 0 Å². The summed E-state index contributed by atoms with van der Waals surface area (Å²) in [5.74, 6) is -1.78. The first-order chi connectivity index (χ1) is 14.9. The lowest BCUT2D eigenvalue weighted by molar-refractivity contribution is -0.140. The smallest absolute Gasteiger partial charge is 0.407 e. The number of aliphatic carboxylic acids is 1. The van der Waals surface area contributed by atoms with E-state index in [0.29, 0.717) is 0 Å². The Morgan fingerprint density at radius 3 is 2.16 bits per heavy atom. The molecule has 31 heavy (non-hydrogen) atoms. The molecular formula is C24H26N2O5. The standard InChI is InChI=1S/C24H26N2O5/c1-24(11-6-12-24)26-22(29)20(13-21(27)28)25-23(30)31-14-19-17-9-4-2-7-15(17)16-8-3-5-10-18(16)19/h2-5,7-10,19-20H,6,11-14H2,1H3,(H,25,30)(H,26,29)(H,27,28). The van der Waals surface area contributed by atoms with E-state index in [1.165, 1.54) is 0 Å². The quantitative estimate of drug-likeness (QED) is 0.634. The topological polar surface area (TPSA) is 105 Å². The van der Waals surface area contributed by atoms with Crippen LogP contribution in [0.4, 0.5) is 4.79 Å². The summed E-state index contributed by atoms with van der Waals surface area (Å²) < 4.78 is 5.45. The average molecular weight is 422 g/mol. The lowest BCUT2D eigenvalue weighted by atomic mass is 9.78. The first kappa shape index (κ1) is 20.9. The molecule has 2 aromatic carbocycles. The SMILES string of the molecule is CC1(NC(=O)C(CC(=O)O)NC(=O)OCC2c3ccccc3-c3ccccc32)CCC1. The molecule has 1 atom stereocenters. The molecule has 162 valence electrons. The van der Waals surface area contributed by atoms with Gasteiger partial charge in [-0.05, 0) is 48.4 Å². The molecule has 0 heterocycles. The fraction of sp³-hybridized carbons (Fsp3) is 0.375. The van der Waals surface area contributed by atoms with Gasteiger partial charge in [0.1, 0.15) is 12.6 Å². The van der Waals surface area contributed by atoms with E-state index in [1.807, 2.05) is 55.5 Å². The molecule has 1 fully saturated rings. The summed E-state index contributed by atoms with van der Waals surface area (Å²) in [5.41, 5.74) is 4.05. The zero-order valence-corrected chi connectivity index (χ0v) is 17.4. The Balaban J connectivity index is 1.41. The van der Waals surface area contributed by atoms with E-state index in [1.54, 1.807) is 0 Å². The number of fused-ring (bicyclic) bond motifs is 3. The van der Waals surface area contributed by atoms with Gasteiger partial charge in [0.25, 0.3) is 0 Å². The van der Waals surface area contributed by atoms with Crippen LogP contribution in [0.1, 0.15) is 49.7 Å². The van der Waals surface area contributed by atoms with Crippen LogP contribution in [0.2, 0.25) is 0 Å². The molecular weight excluding hydrogens is 396 g/mol. The van der Waals surface area contributed by atoms with E-state index >= 15 is 0 Å². The zero-order chi connectivity index (χ0) is 22.0. The van der Waals surface area contributed by atoms with Gasteiger partial charge in [-0.25, -0.2) is 4.79 Å². The summed E-state index contributed by atoms with van der Waals surface area (Å²) in [5, 5.41) is 14.5. The molecule has 3 N–H and O–H groups in total. The zero-order valence-electron chi connectivity index (χ0n) is 17.4. The largest absolute Gasteiger partial charge is 0.481 e. The molecule has 2 aromatic rings. The maximum atomic E-state index is 12.6. The van der Waals surface area contributed by atoms with Gasteiger partial charge in [-0.15, -0.1) is 0 Å². The fourth-order valence-electron chi connectivity index (χ4n) is 4.38. The van der Waals surface area contributed by atoms with Crippen LogP contribution in [-0.4, -0.2) is 41.3 Å². The van der Waals surface area contributed by atoms with Gasteiger partial charge in [0.15, 0.2) is 0 Å². The third-order valence-corrected chi connectivity index (χ3v) is 6.21. The maximum absolute atomic E-state index is 12.6. The van der Waals surface area contributed by atoms with Crippen molar-refractivity contribution in [2.75, 3.05) is 6.61 Å². The Hall–Kier alpha value is -3.35. The number of hydrogen-bond donors (Lipinski definition) is 3. The van der Waals surface area contributed by atoms with Crippen LogP contribution in [0.25, 0.3) is 11.1 Å². The lowest BCUT2D eigenvalue weighted by Gasteiger charge is -2.40. The summed E-state index contributed by atoms with van der Waals surface area (Å²) in [4.78, 5) is 36.2. The van der Waals surface area contributed by atoms with Crippen molar-refractivity contribution in [3.8, 4) is 11.1 Å². The number of amides is 2. The van der Waals surface area contributed by atoms with Gasteiger partial charge in [-0.1, -0.05) is 48.5 Å². The Bertz CT molecular complexity index is 969. The summed E-state index contributed by atoms with van der Waals surface area (Å²) in [6, 6.07) is 14.8. The van der Waals surface area contributed by atoms with Gasteiger partial charge >= 0.3 is 12.1 Å². The summed E-state index contributed by atoms with van der Waals surface area (Å²) >= 11 is 0. The molecule has 1 saturated carbocycles. The number of rotatable bonds is 7. The minimum absolute atomic E-state index is 0.0962. The van der Waals surface area contributed by atoms with Gasteiger partial charge < -0.3 is 20.5 Å². The first-order valence-electron chi connectivity index (χ1n) is 10.5. The molecule has 7 nitrogen and oxygen atoms in total. The van der Waals surface area contributed by atoms with Gasteiger partial charge in [-0.3, -0.25) is 9.59 Å². The van der Waals surface area contributed by atoms with Gasteiger partial charge in [0.2, 0.25) is 5.91 Å². The third-order valence-electron chi connectivity index (χ3n) is 6.21. The van der Waals surface area contributed by atoms with Crippen LogP contribution < -0.4 is 10.6 Å². The van der Waals surface area contributed by atoms with Crippen LogP contribution in [0.3, 0.4) is 0 Å². The molecule has 2 aliphatic rings. The Kier molecular flexibility index (Phi) is 5.67. The van der Waals surface area contributed by atoms with Gasteiger partial charge in [-0.2, -0.15) is 0 Å². The van der Waals surface area contributed by atoms with Crippen LogP contribution in [0.15, 0.2) is 48.5 Å². The number of hydrogen-bond acceptors (Lipinski definition) is 4. The minimum Gasteiger partial charge on any atom is -0.481 e. The van der Waals surface area contributed by atoms with Crippen LogP contribution in [0.5, 0.6) is 0 Å². The second-order valence-electron chi connectivity index (χ2n) is 8.52. The number of ether oxygens (including phenoxy) is 1. The molecule has 4 rings (SSSR count). The van der Waals surface area contributed by atoms with Crippen LogP contribution >= 0.6 is 0 Å². The highest BCUT2D eigenvalue weighted by atomic mass is 16.5. The Labute approximate surface area is 180 Å². The van der Waals surface area contributed by atoms with E-state index in [2.05, 4.69) is 10.6 Å². The third kappa shape index (κ3) is 4.40. The predicted octanol–water partition coefficient (Wildman–Crippen LogP) is 3.43. The van der Waals surface area contributed by atoms with Crippen LogP contribution in [-0.2, 0) is 14.3 Å². The molecule has 1 unspecified atom stereocenters. The van der Waals surface area contributed by atoms with Gasteiger partial charge in [0.05, 0.1) is 6.42 Å². The van der Waals surface area contributed by atoms with Crippen molar-refractivity contribution >= 4 is 18.0 Å². The molecule has 0 spiro atoms. The molecule has 7 heteroatoms. The minimum atomic E-state index is -1.19. The number of carboxylic acids is 1. The number of carbonyl (C=O) groups excluding carboxylic acids is 2. The van der Waals surface area contributed by atoms with Crippen molar-refractivity contribution in [1.82, 2.24) is 10.6 Å². The number of benzene rings is 2. The number of carboxylic acid groups (broad SMARTS) is 1. The van der Waals surface area contributed by atoms with E-state index in [-0.39, 0.29) is 18.1 Å². The van der Waals surface area contributed by atoms with E-state index in [9.17, 15) is 14.4 Å². The normalized spacial score (nSPS) is 16.9. The van der Waals surface area contributed by atoms with E-state index < -0.39 is 30.4 Å².